The summed E-state index contributed by atoms with van der Waals surface area (Å²) >= 11 is 0. The number of hydrogen-bond donors (Lipinski definition) is 0. The van der Waals surface area contributed by atoms with Gasteiger partial charge in [-0.05, 0) is 63.3 Å². The minimum Gasteiger partial charge on any atom is -0.160 e. The molecule has 0 fully saturated rings. The first kappa shape index (κ1) is 18.8. The van der Waals surface area contributed by atoms with Crippen LogP contribution in [0.3, 0.4) is 0 Å². The van der Waals surface area contributed by atoms with Crippen molar-refractivity contribution in [3.05, 3.63) is 91.0 Å². The highest BCUT2D eigenvalue weighted by Gasteiger charge is 2.30. The van der Waals surface area contributed by atoms with E-state index in [4.69, 9.17) is 0 Å². The molecule has 3 aromatic carbocycles. The molecule has 3 rings (SSSR count). The Morgan fingerprint density at radius 3 is 1.27 bits per heavy atom. The van der Waals surface area contributed by atoms with Crippen LogP contribution in [0.15, 0.2) is 106 Å². The molecule has 136 valence electrons. The van der Waals surface area contributed by atoms with Gasteiger partial charge in [0.15, 0.2) is 0 Å². The van der Waals surface area contributed by atoms with E-state index in [1.165, 1.54) is 52.5 Å². The van der Waals surface area contributed by atoms with Crippen LogP contribution in [0.25, 0.3) is 0 Å². The van der Waals surface area contributed by atoms with E-state index in [-0.39, 0.29) is 0 Å². The molecule has 3 aromatic rings. The lowest BCUT2D eigenvalue weighted by molar-refractivity contribution is 0.658. The monoisotopic (exact) mass is 362 g/mol. The molecule has 0 aromatic heterocycles. The molecule has 0 nitrogen and oxygen atoms in total. The van der Waals surface area contributed by atoms with Gasteiger partial charge in [0.2, 0.25) is 0 Å². The molecule has 0 aliphatic heterocycles. The van der Waals surface area contributed by atoms with E-state index in [2.05, 4.69) is 97.9 Å². The third kappa shape index (κ3) is 4.22. The Hall–Kier alpha value is -1.99. The molecule has 0 amide bonds. The molecule has 0 atom stereocenters. The predicted octanol–water partition coefficient (Wildman–Crippen LogP) is 7.94. The summed E-state index contributed by atoms with van der Waals surface area (Å²) in [7, 11) is -1.22. The summed E-state index contributed by atoms with van der Waals surface area (Å²) < 4.78 is 0. The van der Waals surface area contributed by atoms with E-state index in [1.807, 2.05) is 0 Å². The summed E-state index contributed by atoms with van der Waals surface area (Å²) in [5.41, 5.74) is 0. The zero-order valence-electron chi connectivity index (χ0n) is 15.8. The van der Waals surface area contributed by atoms with Crippen LogP contribution < -0.4 is 0 Å². The molecule has 0 saturated heterocycles. The summed E-state index contributed by atoms with van der Waals surface area (Å²) in [4.78, 5) is 4.44. The molecule has 0 N–H and O–H groups in total. The molecule has 0 aliphatic carbocycles. The fraction of sp³-hybridized carbons (Fsp3) is 0.280. The Morgan fingerprint density at radius 1 is 0.500 bits per heavy atom. The van der Waals surface area contributed by atoms with E-state index in [0.717, 1.165) is 0 Å². The van der Waals surface area contributed by atoms with Gasteiger partial charge in [-0.1, -0.05) is 87.2 Å². The van der Waals surface area contributed by atoms with Crippen LogP contribution >= 0.6 is 10.0 Å². The fourth-order valence-corrected chi connectivity index (χ4v) is 7.67. The van der Waals surface area contributed by atoms with Gasteiger partial charge in [-0.2, -0.15) is 10.0 Å². The maximum Gasteiger partial charge on any atom is -0.00187 e. The molecule has 0 spiro atoms. The standard InChI is InChI=1S/C25H30S/c1-2-3-4-5-15-22-26(23-16-9-6-10-17-23,24-18-11-7-12-19-24)25-20-13-8-14-21-25/h6-14,16-21H,2-5,15,22H2,1H3. The molecule has 0 saturated carbocycles. The van der Waals surface area contributed by atoms with Gasteiger partial charge in [-0.15, -0.1) is 0 Å². The van der Waals surface area contributed by atoms with Crippen LogP contribution in [0.4, 0.5) is 0 Å². The van der Waals surface area contributed by atoms with Crippen molar-refractivity contribution in [2.75, 3.05) is 5.75 Å². The van der Waals surface area contributed by atoms with Gasteiger partial charge < -0.3 is 0 Å². The molecule has 0 aliphatic rings. The van der Waals surface area contributed by atoms with Crippen LogP contribution in [0.5, 0.6) is 0 Å². The first-order chi connectivity index (χ1) is 12.9. The smallest absolute Gasteiger partial charge is 0.00187 e. The maximum absolute atomic E-state index is 2.33. The predicted molar refractivity (Wildman–Crippen MR) is 115 cm³/mol. The molecule has 0 unspecified atom stereocenters. The van der Waals surface area contributed by atoms with Gasteiger partial charge in [-0.3, -0.25) is 0 Å². The number of hydrogen-bond acceptors (Lipinski definition) is 0. The second kappa shape index (κ2) is 9.64. The Balaban J connectivity index is 2.06. The molecular weight excluding hydrogens is 332 g/mol. The topological polar surface area (TPSA) is 0 Å². The minimum atomic E-state index is -1.22. The van der Waals surface area contributed by atoms with Crippen LogP contribution in [0, 0.1) is 0 Å². The lowest BCUT2D eigenvalue weighted by atomic mass is 10.2. The van der Waals surface area contributed by atoms with Gasteiger partial charge in [0.05, 0.1) is 0 Å². The van der Waals surface area contributed by atoms with Crippen molar-refractivity contribution < 1.29 is 0 Å². The van der Waals surface area contributed by atoms with Crippen molar-refractivity contribution in [2.24, 2.45) is 0 Å². The summed E-state index contributed by atoms with van der Waals surface area (Å²) in [5.74, 6) is 1.23. The maximum atomic E-state index is 2.33. The van der Waals surface area contributed by atoms with Crippen LogP contribution in [0.1, 0.15) is 39.0 Å². The fourth-order valence-electron chi connectivity index (χ4n) is 3.64. The van der Waals surface area contributed by atoms with E-state index >= 15 is 0 Å². The van der Waals surface area contributed by atoms with Crippen molar-refractivity contribution in [3.63, 3.8) is 0 Å². The third-order valence-electron chi connectivity index (χ3n) is 4.99. The number of benzene rings is 3. The molecule has 26 heavy (non-hydrogen) atoms. The van der Waals surface area contributed by atoms with E-state index in [0.29, 0.717) is 0 Å². The third-order valence-corrected chi connectivity index (χ3v) is 9.12. The highest BCUT2D eigenvalue weighted by atomic mass is 32.3. The zero-order valence-corrected chi connectivity index (χ0v) is 16.6. The van der Waals surface area contributed by atoms with Gasteiger partial charge in [0.25, 0.3) is 0 Å². The molecule has 1 heteroatoms. The average molecular weight is 363 g/mol. The van der Waals surface area contributed by atoms with Crippen molar-refractivity contribution in [3.8, 4) is 0 Å². The van der Waals surface area contributed by atoms with Gasteiger partial charge >= 0.3 is 0 Å². The highest BCUT2D eigenvalue weighted by molar-refractivity contribution is 8.33. The lowest BCUT2D eigenvalue weighted by Crippen LogP contribution is -2.08. The van der Waals surface area contributed by atoms with Crippen LogP contribution in [-0.2, 0) is 0 Å². The summed E-state index contributed by atoms with van der Waals surface area (Å²) in [6.07, 6.45) is 6.62. The van der Waals surface area contributed by atoms with Crippen molar-refractivity contribution >= 4 is 10.0 Å². The van der Waals surface area contributed by atoms with Crippen molar-refractivity contribution in [2.45, 2.75) is 53.7 Å². The number of unbranched alkanes of at least 4 members (excludes halogenated alkanes) is 4. The summed E-state index contributed by atoms with van der Waals surface area (Å²) in [6, 6.07) is 33.6. The van der Waals surface area contributed by atoms with Crippen molar-refractivity contribution in [1.29, 1.82) is 0 Å². The quantitative estimate of drug-likeness (QED) is 0.339. The summed E-state index contributed by atoms with van der Waals surface area (Å²) in [5, 5.41) is 0. The zero-order chi connectivity index (χ0) is 18.1. The molecule has 0 bridgehead atoms. The van der Waals surface area contributed by atoms with Crippen LogP contribution in [-0.4, -0.2) is 5.75 Å². The average Bonchev–Trinajstić information content (AvgIpc) is 2.73. The Kier molecular flexibility index (Phi) is 6.96. The van der Waals surface area contributed by atoms with Gasteiger partial charge in [0, 0.05) is 0 Å². The van der Waals surface area contributed by atoms with E-state index < -0.39 is 10.0 Å². The van der Waals surface area contributed by atoms with Crippen molar-refractivity contribution in [1.82, 2.24) is 0 Å². The largest absolute Gasteiger partial charge is 0.160 e. The van der Waals surface area contributed by atoms with E-state index in [1.54, 1.807) is 0 Å². The first-order valence-corrected chi connectivity index (χ1v) is 11.6. The molecule has 0 heterocycles. The molecule has 0 radical (unpaired) electrons. The lowest BCUT2D eigenvalue weighted by Gasteiger charge is -2.42. The van der Waals surface area contributed by atoms with Crippen LogP contribution in [0.2, 0.25) is 0 Å². The normalized spacial score (nSPS) is 12.0. The summed E-state index contributed by atoms with van der Waals surface area (Å²) in [6.45, 7) is 2.29. The first-order valence-electron chi connectivity index (χ1n) is 9.84. The Bertz CT molecular complexity index is 653. The molecular formula is C25H30S. The SMILES string of the molecule is CCCCCCCS(c1ccccc1)(c1ccccc1)c1ccccc1. The highest BCUT2D eigenvalue weighted by Crippen LogP contribution is 2.68. The second-order valence-electron chi connectivity index (χ2n) is 6.80. The van der Waals surface area contributed by atoms with Gasteiger partial charge in [0.1, 0.15) is 0 Å². The Morgan fingerprint density at radius 2 is 0.885 bits per heavy atom. The van der Waals surface area contributed by atoms with Gasteiger partial charge in [-0.25, -0.2) is 0 Å². The minimum absolute atomic E-state index is 1.22. The number of rotatable bonds is 9. The Labute approximate surface area is 160 Å². The second-order valence-corrected chi connectivity index (χ2v) is 10.1. The van der Waals surface area contributed by atoms with E-state index in [9.17, 15) is 0 Å².